The number of nitro groups is 2. The van der Waals surface area contributed by atoms with Crippen molar-refractivity contribution in [3.05, 3.63) is 43.9 Å². The summed E-state index contributed by atoms with van der Waals surface area (Å²) < 4.78 is 2.90. The van der Waals surface area contributed by atoms with Crippen molar-refractivity contribution in [3.8, 4) is 0 Å². The number of imidazole rings is 1. The largest absolute Gasteiger partial charge is 0.434 e. The van der Waals surface area contributed by atoms with Crippen LogP contribution in [0.5, 0.6) is 0 Å². The Labute approximate surface area is 166 Å². The normalized spacial score (nSPS) is 9.36. The van der Waals surface area contributed by atoms with E-state index in [1.807, 2.05) is 55.4 Å². The lowest BCUT2D eigenvalue weighted by Crippen LogP contribution is -2.04. The minimum Gasteiger partial charge on any atom is -0.390 e. The molecule has 160 valence electrons. The summed E-state index contributed by atoms with van der Waals surface area (Å²) >= 11 is 0. The van der Waals surface area contributed by atoms with Crippen molar-refractivity contribution in [2.24, 2.45) is 7.05 Å². The maximum absolute atomic E-state index is 10.7. The van der Waals surface area contributed by atoms with E-state index >= 15 is 0 Å². The van der Waals surface area contributed by atoms with E-state index in [2.05, 4.69) is 10.1 Å². The van der Waals surface area contributed by atoms with Crippen LogP contribution < -0.4 is 0 Å². The quantitative estimate of drug-likeness (QED) is 0.522. The van der Waals surface area contributed by atoms with Crippen molar-refractivity contribution in [2.75, 3.05) is 0 Å². The molecular formula is C18H34N6O4. The van der Waals surface area contributed by atoms with Gasteiger partial charge in [-0.2, -0.15) is 0 Å². The van der Waals surface area contributed by atoms with Crippen LogP contribution >= 0.6 is 0 Å². The first kappa shape index (κ1) is 27.4. The Hall–Kier alpha value is -2.78. The molecule has 0 radical (unpaired) electrons. The van der Waals surface area contributed by atoms with Crippen LogP contribution in [0.15, 0.2) is 12.4 Å². The zero-order valence-corrected chi connectivity index (χ0v) is 18.5. The standard InChI is InChI=1S/C8H13N3O2.C6H9N3O2.2C2H6/c1-4-10-8(11(12)13)7(5-9-10)6(2)3;1-3-5-4-7-6(8(5)2)9(10)11;2*1-2/h5-6H,4H2,1-3H3;4H,3H2,1-2H3;2*1-2H3. The molecule has 0 saturated heterocycles. The predicted molar refractivity (Wildman–Crippen MR) is 111 cm³/mol. The van der Waals surface area contributed by atoms with Crippen LogP contribution in [0.4, 0.5) is 11.8 Å². The maximum Gasteiger partial charge on any atom is 0.434 e. The number of aromatic nitrogens is 4. The molecule has 0 fully saturated rings. The van der Waals surface area contributed by atoms with Gasteiger partial charge in [0, 0.05) is 6.42 Å². The Balaban J connectivity index is 0. The molecule has 0 aromatic carbocycles. The van der Waals surface area contributed by atoms with Crippen molar-refractivity contribution in [1.29, 1.82) is 0 Å². The van der Waals surface area contributed by atoms with Gasteiger partial charge < -0.3 is 20.2 Å². The van der Waals surface area contributed by atoms with Crippen molar-refractivity contribution in [3.63, 3.8) is 0 Å². The summed E-state index contributed by atoms with van der Waals surface area (Å²) in [7, 11) is 1.64. The zero-order chi connectivity index (χ0) is 22.4. The smallest absolute Gasteiger partial charge is 0.390 e. The van der Waals surface area contributed by atoms with Gasteiger partial charge in [-0.15, -0.1) is 4.68 Å². The van der Waals surface area contributed by atoms with Crippen molar-refractivity contribution in [1.82, 2.24) is 19.3 Å². The monoisotopic (exact) mass is 398 g/mol. The van der Waals surface area contributed by atoms with E-state index in [-0.39, 0.29) is 22.6 Å². The molecule has 10 heteroatoms. The first-order chi connectivity index (χ1) is 13.2. The van der Waals surface area contributed by atoms with E-state index in [4.69, 9.17) is 0 Å². The minimum atomic E-state index is -0.487. The van der Waals surface area contributed by atoms with E-state index in [1.54, 1.807) is 13.2 Å². The molecule has 0 unspecified atom stereocenters. The van der Waals surface area contributed by atoms with Crippen LogP contribution in [0.2, 0.25) is 0 Å². The SMILES string of the molecule is CC.CC.CCc1cnc([N+](=O)[O-])n1C.CCn1ncc(C(C)C)c1[N+](=O)[O-]. The van der Waals surface area contributed by atoms with E-state index in [0.717, 1.165) is 12.1 Å². The molecule has 0 N–H and O–H groups in total. The first-order valence-corrected chi connectivity index (χ1v) is 9.59. The van der Waals surface area contributed by atoms with Gasteiger partial charge in [-0.25, -0.2) is 4.57 Å². The summed E-state index contributed by atoms with van der Waals surface area (Å²) in [5.74, 6) is 0.167. The zero-order valence-electron chi connectivity index (χ0n) is 18.5. The summed E-state index contributed by atoms with van der Waals surface area (Å²) in [4.78, 5) is 23.8. The van der Waals surface area contributed by atoms with Gasteiger partial charge >= 0.3 is 11.8 Å². The Morgan fingerprint density at radius 2 is 1.57 bits per heavy atom. The summed E-state index contributed by atoms with van der Waals surface area (Å²) in [5, 5.41) is 24.9. The maximum atomic E-state index is 10.7. The topological polar surface area (TPSA) is 122 Å². The molecule has 28 heavy (non-hydrogen) atoms. The molecule has 0 aliphatic rings. The lowest BCUT2D eigenvalue weighted by atomic mass is 10.1. The molecule has 0 aliphatic carbocycles. The number of nitrogens with zero attached hydrogens (tertiary/aromatic N) is 6. The van der Waals surface area contributed by atoms with Gasteiger partial charge in [0.1, 0.15) is 18.4 Å². The molecule has 2 heterocycles. The molecule has 2 rings (SSSR count). The predicted octanol–water partition coefficient (Wildman–Crippen LogP) is 4.88. The fourth-order valence-corrected chi connectivity index (χ4v) is 2.16. The van der Waals surface area contributed by atoms with E-state index < -0.39 is 4.92 Å². The fraction of sp³-hybridized carbons (Fsp3) is 0.667. The highest BCUT2D eigenvalue weighted by Gasteiger charge is 2.22. The second-order valence-corrected chi connectivity index (χ2v) is 5.37. The highest BCUT2D eigenvalue weighted by molar-refractivity contribution is 5.33. The highest BCUT2D eigenvalue weighted by atomic mass is 16.6. The lowest BCUT2D eigenvalue weighted by Gasteiger charge is -2.02. The number of hydrogen-bond acceptors (Lipinski definition) is 6. The third kappa shape index (κ3) is 7.45. The molecule has 0 spiro atoms. The van der Waals surface area contributed by atoms with Crippen LogP contribution in [0.25, 0.3) is 0 Å². The summed E-state index contributed by atoms with van der Waals surface area (Å²) in [6.45, 7) is 16.1. The second kappa shape index (κ2) is 14.3. The third-order valence-electron chi connectivity index (χ3n) is 3.52. The molecule has 2 aromatic rings. The Kier molecular flexibility index (Phi) is 14.0. The van der Waals surface area contributed by atoms with Crippen LogP contribution in [0.3, 0.4) is 0 Å². The molecule has 0 aliphatic heterocycles. The van der Waals surface area contributed by atoms with Gasteiger partial charge in [0.25, 0.3) is 0 Å². The Morgan fingerprint density at radius 1 is 1.04 bits per heavy atom. The van der Waals surface area contributed by atoms with Gasteiger partial charge in [-0.1, -0.05) is 58.5 Å². The molecule has 0 saturated carbocycles. The second-order valence-electron chi connectivity index (χ2n) is 5.37. The summed E-state index contributed by atoms with van der Waals surface area (Å²) in [6, 6.07) is 0. The van der Waals surface area contributed by atoms with Gasteiger partial charge in [0.2, 0.25) is 0 Å². The van der Waals surface area contributed by atoms with Gasteiger partial charge in [-0.05, 0) is 22.7 Å². The van der Waals surface area contributed by atoms with Crippen molar-refractivity contribution in [2.45, 2.75) is 74.3 Å². The summed E-state index contributed by atoms with van der Waals surface area (Å²) in [6.07, 6.45) is 3.86. The van der Waals surface area contributed by atoms with Gasteiger partial charge in [-0.3, -0.25) is 0 Å². The number of rotatable bonds is 5. The molecule has 2 aromatic heterocycles. The molecular weight excluding hydrogens is 364 g/mol. The van der Waals surface area contributed by atoms with Crippen LogP contribution in [-0.4, -0.2) is 29.2 Å². The number of hydrogen-bond donors (Lipinski definition) is 0. The minimum absolute atomic E-state index is 0.0955. The first-order valence-electron chi connectivity index (χ1n) is 9.59. The fourth-order valence-electron chi connectivity index (χ4n) is 2.16. The van der Waals surface area contributed by atoms with Crippen LogP contribution in [0, 0.1) is 20.2 Å². The van der Waals surface area contributed by atoms with E-state index in [0.29, 0.717) is 12.1 Å². The van der Waals surface area contributed by atoms with Crippen molar-refractivity contribution >= 4 is 11.8 Å². The molecule has 10 nitrogen and oxygen atoms in total. The van der Waals surface area contributed by atoms with E-state index in [9.17, 15) is 20.2 Å². The molecule has 0 bridgehead atoms. The number of aryl methyl sites for hydroxylation is 2. The highest BCUT2D eigenvalue weighted by Crippen LogP contribution is 2.25. The Bertz CT molecular complexity index is 722. The molecule has 0 atom stereocenters. The Morgan fingerprint density at radius 3 is 1.86 bits per heavy atom. The summed E-state index contributed by atoms with van der Waals surface area (Å²) in [5.41, 5.74) is 1.57. The van der Waals surface area contributed by atoms with E-state index in [1.165, 1.54) is 15.4 Å². The average Bonchev–Trinajstić information content (AvgIpc) is 3.28. The van der Waals surface area contributed by atoms with Gasteiger partial charge in [0.05, 0.1) is 18.8 Å². The third-order valence-corrected chi connectivity index (χ3v) is 3.52. The van der Waals surface area contributed by atoms with Crippen molar-refractivity contribution < 1.29 is 9.85 Å². The molecule has 0 amide bonds. The lowest BCUT2D eigenvalue weighted by molar-refractivity contribution is -0.396. The van der Waals surface area contributed by atoms with Crippen LogP contribution in [-0.2, 0) is 20.0 Å². The average molecular weight is 399 g/mol. The van der Waals surface area contributed by atoms with Crippen LogP contribution in [0.1, 0.15) is 72.6 Å². The van der Waals surface area contributed by atoms with Gasteiger partial charge in [0.15, 0.2) is 0 Å².